The highest BCUT2D eigenvalue weighted by Crippen LogP contribution is 2.21. The minimum Gasteiger partial charge on any atom is -0.246 e. The Labute approximate surface area is 55.2 Å². The van der Waals surface area contributed by atoms with Crippen LogP contribution < -0.4 is 0 Å². The molecular formula is C7H11O2. The lowest BCUT2D eigenvalue weighted by molar-refractivity contribution is -0.151. The van der Waals surface area contributed by atoms with E-state index in [2.05, 4.69) is 6.58 Å². The maximum absolute atomic E-state index is 10.3. The monoisotopic (exact) mass is 127 g/mol. The van der Waals surface area contributed by atoms with E-state index < -0.39 is 11.4 Å². The Morgan fingerprint density at radius 3 is 2.22 bits per heavy atom. The summed E-state index contributed by atoms with van der Waals surface area (Å²) in [5, 5.41) is 10.3. The Morgan fingerprint density at radius 2 is 2.22 bits per heavy atom. The van der Waals surface area contributed by atoms with Gasteiger partial charge in [-0.3, -0.25) is 0 Å². The molecule has 1 radical (unpaired) electrons. The maximum atomic E-state index is 10.3. The lowest BCUT2D eigenvalue weighted by Gasteiger charge is -2.14. The van der Waals surface area contributed by atoms with Crippen molar-refractivity contribution in [3.05, 3.63) is 12.7 Å². The largest absolute Gasteiger partial charge is 0.365 e. The van der Waals surface area contributed by atoms with E-state index in [1.54, 1.807) is 13.8 Å². The van der Waals surface area contributed by atoms with Crippen LogP contribution in [0.25, 0.3) is 0 Å². The van der Waals surface area contributed by atoms with Crippen molar-refractivity contribution >= 4 is 5.97 Å². The van der Waals surface area contributed by atoms with Crippen LogP contribution in [0.4, 0.5) is 0 Å². The molecule has 0 fully saturated rings. The third-order valence-electron chi connectivity index (χ3n) is 1.65. The first-order valence-corrected chi connectivity index (χ1v) is 2.92. The number of rotatable bonds is 3. The van der Waals surface area contributed by atoms with Crippen molar-refractivity contribution in [1.29, 1.82) is 0 Å². The number of carbonyl (C=O) groups excluding carboxylic acids is 1. The van der Waals surface area contributed by atoms with Crippen molar-refractivity contribution in [2.45, 2.75) is 20.3 Å². The van der Waals surface area contributed by atoms with Gasteiger partial charge in [-0.1, -0.05) is 13.0 Å². The SMILES string of the molecule is C=CC(C)(CC)C([O])=O. The summed E-state index contributed by atoms with van der Waals surface area (Å²) in [6.45, 7) is 6.79. The van der Waals surface area contributed by atoms with Gasteiger partial charge in [-0.25, -0.2) is 9.90 Å². The topological polar surface area (TPSA) is 37.0 Å². The summed E-state index contributed by atoms with van der Waals surface area (Å²) in [6, 6.07) is 0. The molecule has 1 atom stereocenters. The molecule has 1 unspecified atom stereocenters. The molecule has 0 aromatic carbocycles. The molecular weight excluding hydrogens is 116 g/mol. The molecule has 0 spiro atoms. The smallest absolute Gasteiger partial charge is 0.246 e. The van der Waals surface area contributed by atoms with Crippen molar-refractivity contribution in [2.75, 3.05) is 0 Å². The molecule has 0 bridgehead atoms. The zero-order chi connectivity index (χ0) is 7.49. The van der Waals surface area contributed by atoms with Crippen LogP contribution in [0, 0.1) is 5.41 Å². The van der Waals surface area contributed by atoms with Gasteiger partial charge in [0.1, 0.15) is 0 Å². The highest BCUT2D eigenvalue weighted by Gasteiger charge is 2.28. The molecule has 0 amide bonds. The molecule has 2 nitrogen and oxygen atoms in total. The molecule has 0 aliphatic heterocycles. The van der Waals surface area contributed by atoms with Crippen LogP contribution >= 0.6 is 0 Å². The van der Waals surface area contributed by atoms with Crippen LogP contribution in [0.1, 0.15) is 20.3 Å². The van der Waals surface area contributed by atoms with Crippen molar-refractivity contribution in [3.63, 3.8) is 0 Å². The van der Waals surface area contributed by atoms with E-state index in [-0.39, 0.29) is 0 Å². The Bertz CT molecular complexity index is 129. The minimum atomic E-state index is -1.06. The fourth-order valence-corrected chi connectivity index (χ4v) is 0.372. The van der Waals surface area contributed by atoms with Gasteiger partial charge in [0.05, 0.1) is 5.41 Å². The standard InChI is InChI=1S/C7H11O2/c1-4-7(3,5-2)6(8)9/h4H,1,5H2,2-3H3. The zero-order valence-electron chi connectivity index (χ0n) is 5.81. The fourth-order valence-electron chi connectivity index (χ4n) is 0.372. The van der Waals surface area contributed by atoms with Gasteiger partial charge in [0, 0.05) is 0 Å². The second-order valence-electron chi connectivity index (χ2n) is 2.26. The average molecular weight is 127 g/mol. The van der Waals surface area contributed by atoms with Crippen LogP contribution in [0.15, 0.2) is 12.7 Å². The molecule has 2 heteroatoms. The summed E-state index contributed by atoms with van der Waals surface area (Å²) in [5.41, 5.74) is -0.847. The van der Waals surface area contributed by atoms with E-state index in [0.717, 1.165) is 0 Å². The molecule has 51 valence electrons. The first kappa shape index (κ1) is 8.21. The van der Waals surface area contributed by atoms with Gasteiger partial charge >= 0.3 is 5.97 Å². The second kappa shape index (κ2) is 2.67. The van der Waals surface area contributed by atoms with E-state index in [1.807, 2.05) is 0 Å². The summed E-state index contributed by atoms with van der Waals surface area (Å²) < 4.78 is 0. The Morgan fingerprint density at radius 1 is 1.78 bits per heavy atom. The molecule has 0 rings (SSSR count). The average Bonchev–Trinajstić information content (AvgIpc) is 1.86. The number of carbonyl (C=O) groups is 1. The molecule has 0 aromatic heterocycles. The Hall–Kier alpha value is -0.790. The normalized spacial score (nSPS) is 16.2. The first-order valence-electron chi connectivity index (χ1n) is 2.92. The van der Waals surface area contributed by atoms with Crippen LogP contribution in [0.3, 0.4) is 0 Å². The molecule has 0 aliphatic rings. The van der Waals surface area contributed by atoms with Gasteiger partial charge in [0.25, 0.3) is 0 Å². The van der Waals surface area contributed by atoms with Gasteiger partial charge < -0.3 is 0 Å². The first-order chi connectivity index (χ1) is 4.06. The van der Waals surface area contributed by atoms with Gasteiger partial charge in [0.15, 0.2) is 0 Å². The van der Waals surface area contributed by atoms with Crippen molar-refractivity contribution in [3.8, 4) is 0 Å². The molecule has 0 saturated carbocycles. The van der Waals surface area contributed by atoms with Gasteiger partial charge in [0.2, 0.25) is 0 Å². The van der Waals surface area contributed by atoms with E-state index in [4.69, 9.17) is 0 Å². The van der Waals surface area contributed by atoms with Crippen molar-refractivity contribution in [1.82, 2.24) is 0 Å². The molecule has 0 aromatic rings. The Balaban J connectivity index is 4.27. The van der Waals surface area contributed by atoms with Crippen LogP contribution in [-0.4, -0.2) is 5.97 Å². The predicted molar refractivity (Wildman–Crippen MR) is 34.3 cm³/mol. The molecule has 0 heterocycles. The zero-order valence-corrected chi connectivity index (χ0v) is 5.81. The van der Waals surface area contributed by atoms with Crippen LogP contribution in [-0.2, 0) is 9.90 Å². The second-order valence-corrected chi connectivity index (χ2v) is 2.26. The van der Waals surface area contributed by atoms with E-state index in [0.29, 0.717) is 6.42 Å². The minimum absolute atomic E-state index is 0.527. The summed E-state index contributed by atoms with van der Waals surface area (Å²) in [6.07, 6.45) is 1.93. The predicted octanol–water partition coefficient (Wildman–Crippen LogP) is 1.55. The lowest BCUT2D eigenvalue weighted by atomic mass is 9.88. The van der Waals surface area contributed by atoms with Gasteiger partial charge in [-0.15, -0.1) is 6.58 Å². The molecule has 0 N–H and O–H groups in total. The third kappa shape index (κ3) is 1.56. The summed E-state index contributed by atoms with van der Waals surface area (Å²) in [7, 11) is 0. The lowest BCUT2D eigenvalue weighted by Crippen LogP contribution is -2.22. The quantitative estimate of drug-likeness (QED) is 0.530. The molecule has 0 aliphatic carbocycles. The highest BCUT2D eigenvalue weighted by atomic mass is 16.4. The van der Waals surface area contributed by atoms with Gasteiger partial charge in [-0.05, 0) is 13.3 Å². The molecule has 9 heavy (non-hydrogen) atoms. The Kier molecular flexibility index (Phi) is 2.43. The number of hydrogen-bond acceptors (Lipinski definition) is 1. The van der Waals surface area contributed by atoms with Gasteiger partial charge in [-0.2, -0.15) is 0 Å². The van der Waals surface area contributed by atoms with Crippen LogP contribution in [0.5, 0.6) is 0 Å². The van der Waals surface area contributed by atoms with Crippen molar-refractivity contribution in [2.24, 2.45) is 5.41 Å². The maximum Gasteiger partial charge on any atom is 0.365 e. The molecule has 0 saturated heterocycles. The summed E-state index contributed by atoms with van der Waals surface area (Å²) >= 11 is 0. The summed E-state index contributed by atoms with van der Waals surface area (Å²) in [5.74, 6) is -1.06. The third-order valence-corrected chi connectivity index (χ3v) is 1.65. The number of hydrogen-bond donors (Lipinski definition) is 0. The summed E-state index contributed by atoms with van der Waals surface area (Å²) in [4.78, 5) is 10.3. The van der Waals surface area contributed by atoms with E-state index in [1.165, 1.54) is 6.08 Å². The van der Waals surface area contributed by atoms with E-state index in [9.17, 15) is 9.90 Å². The highest BCUT2D eigenvalue weighted by molar-refractivity contribution is 5.75. The van der Waals surface area contributed by atoms with Crippen LogP contribution in [0.2, 0.25) is 0 Å². The fraction of sp³-hybridized carbons (Fsp3) is 0.571. The van der Waals surface area contributed by atoms with Crippen molar-refractivity contribution < 1.29 is 9.90 Å². The van der Waals surface area contributed by atoms with E-state index >= 15 is 0 Å².